The number of hydrogen-bond donors (Lipinski definition) is 2. The zero-order valence-corrected chi connectivity index (χ0v) is 9.06. The van der Waals surface area contributed by atoms with E-state index in [1.165, 1.54) is 0 Å². The van der Waals surface area contributed by atoms with E-state index in [4.69, 9.17) is 0 Å². The van der Waals surface area contributed by atoms with Gasteiger partial charge in [-0.15, -0.1) is 11.3 Å². The quantitative estimate of drug-likeness (QED) is 0.780. The maximum atomic E-state index is 10.4. The highest BCUT2D eigenvalue weighted by atomic mass is 32.1. The van der Waals surface area contributed by atoms with Crippen molar-refractivity contribution in [1.82, 2.24) is 4.98 Å². The van der Waals surface area contributed by atoms with Crippen molar-refractivity contribution in [2.75, 3.05) is 0 Å². The van der Waals surface area contributed by atoms with E-state index >= 15 is 0 Å². The predicted molar refractivity (Wildman–Crippen MR) is 58.5 cm³/mol. The number of thiophene rings is 1. The van der Waals surface area contributed by atoms with Gasteiger partial charge in [-0.2, -0.15) is 0 Å². The summed E-state index contributed by atoms with van der Waals surface area (Å²) in [6.07, 6.45) is 1.83. The van der Waals surface area contributed by atoms with Crippen molar-refractivity contribution in [2.24, 2.45) is 0 Å². The fourth-order valence-electron chi connectivity index (χ4n) is 1.63. The van der Waals surface area contributed by atoms with Crippen LogP contribution in [0.2, 0.25) is 0 Å². The lowest BCUT2D eigenvalue weighted by Crippen LogP contribution is -2.22. The SMILES string of the molecule is Cc1ccsc1C(C)(O)c1ccc[nH]1. The van der Waals surface area contributed by atoms with Gasteiger partial charge in [0.05, 0.1) is 5.69 Å². The summed E-state index contributed by atoms with van der Waals surface area (Å²) in [5, 5.41) is 12.4. The van der Waals surface area contributed by atoms with Crippen LogP contribution in [0.4, 0.5) is 0 Å². The first-order valence-corrected chi connectivity index (χ1v) is 5.41. The van der Waals surface area contributed by atoms with Crippen molar-refractivity contribution in [1.29, 1.82) is 0 Å². The molecule has 2 heterocycles. The normalized spacial score (nSPS) is 15.4. The second-order valence-corrected chi connectivity index (χ2v) is 4.50. The smallest absolute Gasteiger partial charge is 0.136 e. The van der Waals surface area contributed by atoms with Gasteiger partial charge in [-0.05, 0) is 43.0 Å². The lowest BCUT2D eigenvalue weighted by atomic mass is 9.98. The summed E-state index contributed by atoms with van der Waals surface area (Å²) in [5.41, 5.74) is 1.07. The molecule has 0 spiro atoms. The number of aromatic nitrogens is 1. The summed E-state index contributed by atoms with van der Waals surface area (Å²) in [6, 6.07) is 5.82. The van der Waals surface area contributed by atoms with Crippen LogP contribution in [0.5, 0.6) is 0 Å². The summed E-state index contributed by atoms with van der Waals surface area (Å²) >= 11 is 1.58. The van der Waals surface area contributed by atoms with Crippen molar-refractivity contribution in [2.45, 2.75) is 19.4 Å². The molecule has 3 heteroatoms. The molecule has 14 heavy (non-hydrogen) atoms. The van der Waals surface area contributed by atoms with Crippen LogP contribution in [0.15, 0.2) is 29.8 Å². The lowest BCUT2D eigenvalue weighted by Gasteiger charge is -2.21. The summed E-state index contributed by atoms with van der Waals surface area (Å²) in [7, 11) is 0. The number of rotatable bonds is 2. The van der Waals surface area contributed by atoms with E-state index in [1.54, 1.807) is 11.3 Å². The van der Waals surface area contributed by atoms with Gasteiger partial charge in [0.2, 0.25) is 0 Å². The Morgan fingerprint density at radius 2 is 2.21 bits per heavy atom. The van der Waals surface area contributed by atoms with Gasteiger partial charge in [-0.3, -0.25) is 0 Å². The third kappa shape index (κ3) is 1.38. The summed E-state index contributed by atoms with van der Waals surface area (Å²) in [5.74, 6) is 0. The van der Waals surface area contributed by atoms with Crippen molar-refractivity contribution < 1.29 is 5.11 Å². The third-order valence-electron chi connectivity index (χ3n) is 2.43. The van der Waals surface area contributed by atoms with Crippen LogP contribution in [0.25, 0.3) is 0 Å². The van der Waals surface area contributed by atoms with E-state index in [9.17, 15) is 5.11 Å². The van der Waals surface area contributed by atoms with E-state index in [0.717, 1.165) is 16.1 Å². The van der Waals surface area contributed by atoms with Crippen LogP contribution in [0, 0.1) is 6.92 Å². The molecule has 2 aromatic rings. The zero-order chi connectivity index (χ0) is 10.2. The Balaban J connectivity index is 2.48. The number of nitrogens with one attached hydrogen (secondary N) is 1. The number of aromatic amines is 1. The van der Waals surface area contributed by atoms with Gasteiger partial charge >= 0.3 is 0 Å². The highest BCUT2D eigenvalue weighted by Crippen LogP contribution is 2.33. The van der Waals surface area contributed by atoms with Gasteiger partial charge in [0, 0.05) is 11.1 Å². The van der Waals surface area contributed by atoms with E-state index in [1.807, 2.05) is 43.6 Å². The molecule has 1 unspecified atom stereocenters. The van der Waals surface area contributed by atoms with Gasteiger partial charge in [0.15, 0.2) is 0 Å². The molecule has 1 atom stereocenters. The predicted octanol–water partition coefficient (Wildman–Crippen LogP) is 2.64. The Hall–Kier alpha value is -1.06. The molecule has 0 amide bonds. The molecule has 0 aromatic carbocycles. The molecule has 2 rings (SSSR count). The van der Waals surface area contributed by atoms with Crippen molar-refractivity contribution in [3.63, 3.8) is 0 Å². The van der Waals surface area contributed by atoms with Crippen LogP contribution in [-0.4, -0.2) is 10.1 Å². The Morgan fingerprint density at radius 3 is 2.71 bits per heavy atom. The molecular weight excluding hydrogens is 194 g/mol. The minimum Gasteiger partial charge on any atom is -0.378 e. The van der Waals surface area contributed by atoms with Crippen molar-refractivity contribution in [3.8, 4) is 0 Å². The molecule has 0 bridgehead atoms. The van der Waals surface area contributed by atoms with Crippen LogP contribution < -0.4 is 0 Å². The second-order valence-electron chi connectivity index (χ2n) is 3.59. The van der Waals surface area contributed by atoms with Gasteiger partial charge in [0.25, 0.3) is 0 Å². The zero-order valence-electron chi connectivity index (χ0n) is 8.24. The van der Waals surface area contributed by atoms with Gasteiger partial charge < -0.3 is 10.1 Å². The highest BCUT2D eigenvalue weighted by molar-refractivity contribution is 7.10. The summed E-state index contributed by atoms with van der Waals surface area (Å²) < 4.78 is 0. The van der Waals surface area contributed by atoms with Gasteiger partial charge in [-0.25, -0.2) is 0 Å². The first-order valence-electron chi connectivity index (χ1n) is 4.53. The van der Waals surface area contributed by atoms with Crippen LogP contribution in [0.3, 0.4) is 0 Å². The monoisotopic (exact) mass is 207 g/mol. The Bertz CT molecular complexity index is 414. The number of H-pyrrole nitrogens is 1. The molecular formula is C11H13NOS. The number of aliphatic hydroxyl groups is 1. The van der Waals surface area contributed by atoms with E-state index in [-0.39, 0.29) is 0 Å². The standard InChI is InChI=1S/C11H13NOS/c1-8-5-7-14-10(8)11(2,13)9-4-3-6-12-9/h3-7,12-13H,1-2H3. The maximum Gasteiger partial charge on any atom is 0.136 e. The first kappa shape index (κ1) is 9.49. The Morgan fingerprint density at radius 1 is 1.43 bits per heavy atom. The largest absolute Gasteiger partial charge is 0.378 e. The van der Waals surface area contributed by atoms with Gasteiger partial charge in [-0.1, -0.05) is 0 Å². The molecule has 0 radical (unpaired) electrons. The van der Waals surface area contributed by atoms with Crippen molar-refractivity contribution in [3.05, 3.63) is 45.9 Å². The molecule has 2 N–H and O–H groups in total. The fraction of sp³-hybridized carbons (Fsp3) is 0.273. The Labute approximate surface area is 87.2 Å². The first-order chi connectivity index (χ1) is 6.62. The molecule has 74 valence electrons. The topological polar surface area (TPSA) is 36.0 Å². The van der Waals surface area contributed by atoms with Gasteiger partial charge in [0.1, 0.15) is 5.60 Å². The van der Waals surface area contributed by atoms with Crippen LogP contribution in [-0.2, 0) is 5.60 Å². The maximum absolute atomic E-state index is 10.4. The highest BCUT2D eigenvalue weighted by Gasteiger charge is 2.29. The molecule has 0 aliphatic heterocycles. The average Bonchev–Trinajstić information content (AvgIpc) is 2.72. The molecule has 0 saturated carbocycles. The summed E-state index contributed by atoms with van der Waals surface area (Å²) in [4.78, 5) is 4.05. The minimum absolute atomic E-state index is 0.836. The third-order valence-corrected chi connectivity index (χ3v) is 3.65. The fourth-order valence-corrected chi connectivity index (χ4v) is 2.63. The lowest BCUT2D eigenvalue weighted by molar-refractivity contribution is 0.101. The average molecular weight is 207 g/mol. The Kier molecular flexibility index (Phi) is 2.21. The molecule has 0 aliphatic carbocycles. The summed E-state index contributed by atoms with van der Waals surface area (Å²) in [6.45, 7) is 3.83. The molecule has 0 saturated heterocycles. The number of hydrogen-bond acceptors (Lipinski definition) is 2. The minimum atomic E-state index is -0.901. The van der Waals surface area contributed by atoms with E-state index in [0.29, 0.717) is 0 Å². The molecule has 2 nitrogen and oxygen atoms in total. The van der Waals surface area contributed by atoms with Crippen LogP contribution in [0.1, 0.15) is 23.1 Å². The van der Waals surface area contributed by atoms with Crippen LogP contribution >= 0.6 is 11.3 Å². The van der Waals surface area contributed by atoms with E-state index in [2.05, 4.69) is 4.98 Å². The van der Waals surface area contributed by atoms with Crippen molar-refractivity contribution >= 4 is 11.3 Å². The molecule has 0 fully saturated rings. The molecule has 2 aromatic heterocycles. The molecule has 0 aliphatic rings. The second kappa shape index (κ2) is 3.26. The number of aryl methyl sites for hydroxylation is 1. The van der Waals surface area contributed by atoms with E-state index < -0.39 is 5.60 Å².